The smallest absolute Gasteiger partial charge is 0.258 e. The Morgan fingerprint density at radius 3 is 2.28 bits per heavy atom. The lowest BCUT2D eigenvalue weighted by molar-refractivity contribution is -0.384. The van der Waals surface area contributed by atoms with Gasteiger partial charge in [0.1, 0.15) is 0 Å². The molecule has 0 aliphatic carbocycles. The van der Waals surface area contributed by atoms with Crippen molar-refractivity contribution in [2.24, 2.45) is 0 Å². The van der Waals surface area contributed by atoms with Crippen molar-refractivity contribution < 1.29 is 4.92 Å². The van der Waals surface area contributed by atoms with Gasteiger partial charge in [-0.1, -0.05) is 11.8 Å². The van der Waals surface area contributed by atoms with Crippen molar-refractivity contribution in [3.05, 3.63) is 60.6 Å². The van der Waals surface area contributed by atoms with Crippen LogP contribution in [0.15, 0.2) is 56.7 Å². The Morgan fingerprint density at radius 2 is 1.72 bits per heavy atom. The first-order valence-corrected chi connectivity index (χ1v) is 7.62. The molecule has 0 bridgehead atoms. The van der Waals surface area contributed by atoms with E-state index in [2.05, 4.69) is 38.5 Å². The fourth-order valence-corrected chi connectivity index (χ4v) is 3.04. The van der Waals surface area contributed by atoms with Crippen LogP contribution in [-0.4, -0.2) is 4.92 Å². The molecule has 2 aromatic rings. The summed E-state index contributed by atoms with van der Waals surface area (Å²) in [5.74, 6) is 0. The lowest BCUT2D eigenvalue weighted by atomic mass is 10.3. The van der Waals surface area contributed by atoms with Crippen LogP contribution < -0.4 is 0 Å². The van der Waals surface area contributed by atoms with Gasteiger partial charge in [0.2, 0.25) is 0 Å². The molecule has 0 N–H and O–H groups in total. The number of halogens is 2. The maximum Gasteiger partial charge on any atom is 0.269 e. The Morgan fingerprint density at radius 1 is 1.11 bits per heavy atom. The topological polar surface area (TPSA) is 43.1 Å². The average molecular weight is 436 g/mol. The van der Waals surface area contributed by atoms with Gasteiger partial charge in [-0.3, -0.25) is 10.1 Å². The largest absolute Gasteiger partial charge is 0.269 e. The molecule has 0 saturated carbocycles. The molecule has 92 valence electrons. The maximum atomic E-state index is 10.5. The van der Waals surface area contributed by atoms with Gasteiger partial charge in [0.05, 0.1) is 4.92 Å². The quantitative estimate of drug-likeness (QED) is 0.382. The zero-order valence-corrected chi connectivity index (χ0v) is 13.5. The Balaban J connectivity index is 2.18. The van der Waals surface area contributed by atoms with Crippen LogP contribution in [0.5, 0.6) is 0 Å². The summed E-state index contributed by atoms with van der Waals surface area (Å²) in [7, 11) is 0. The van der Waals surface area contributed by atoms with Crippen LogP contribution in [-0.2, 0) is 0 Å². The van der Waals surface area contributed by atoms with Crippen molar-refractivity contribution in [1.29, 1.82) is 0 Å². The molecular weight excluding hydrogens is 429 g/mol. The summed E-state index contributed by atoms with van der Waals surface area (Å²) in [6, 6.07) is 12.6. The molecule has 0 saturated heterocycles. The van der Waals surface area contributed by atoms with Gasteiger partial charge in [-0.2, -0.15) is 0 Å². The van der Waals surface area contributed by atoms with Crippen LogP contribution in [0, 0.1) is 13.7 Å². The van der Waals surface area contributed by atoms with Crippen molar-refractivity contribution in [3.8, 4) is 0 Å². The summed E-state index contributed by atoms with van der Waals surface area (Å²) < 4.78 is 2.20. The fourth-order valence-electron chi connectivity index (χ4n) is 1.31. The summed E-state index contributed by atoms with van der Waals surface area (Å²) >= 11 is 7.31. The maximum absolute atomic E-state index is 10.5. The van der Waals surface area contributed by atoms with E-state index in [9.17, 15) is 10.1 Å². The van der Waals surface area contributed by atoms with Gasteiger partial charge >= 0.3 is 0 Å². The second kappa shape index (κ2) is 6.03. The molecule has 18 heavy (non-hydrogen) atoms. The molecule has 0 aliphatic rings. The van der Waals surface area contributed by atoms with E-state index >= 15 is 0 Å². The molecule has 0 heterocycles. The van der Waals surface area contributed by atoms with Crippen LogP contribution in [0.4, 0.5) is 5.69 Å². The third-order valence-electron chi connectivity index (χ3n) is 2.17. The second-order valence-corrected chi connectivity index (χ2v) is 6.59. The van der Waals surface area contributed by atoms with Gasteiger partial charge < -0.3 is 0 Å². The summed E-state index contributed by atoms with van der Waals surface area (Å²) in [5.41, 5.74) is 0.114. The highest BCUT2D eigenvalue weighted by molar-refractivity contribution is 14.1. The van der Waals surface area contributed by atoms with Crippen LogP contribution in [0.2, 0.25) is 0 Å². The van der Waals surface area contributed by atoms with Crippen molar-refractivity contribution in [1.82, 2.24) is 0 Å². The molecule has 0 spiro atoms. The lowest BCUT2D eigenvalue weighted by Gasteiger charge is -2.03. The Labute approximate surface area is 130 Å². The van der Waals surface area contributed by atoms with Gasteiger partial charge in [-0.25, -0.2) is 0 Å². The van der Waals surface area contributed by atoms with Crippen molar-refractivity contribution in [3.63, 3.8) is 0 Å². The van der Waals surface area contributed by atoms with Gasteiger partial charge in [0, 0.05) is 30.0 Å². The van der Waals surface area contributed by atoms with Gasteiger partial charge in [-0.15, -0.1) is 0 Å². The zero-order valence-electron chi connectivity index (χ0n) is 8.97. The first-order chi connectivity index (χ1) is 8.56. The lowest BCUT2D eigenvalue weighted by Crippen LogP contribution is -1.86. The summed E-state index contributed by atoms with van der Waals surface area (Å²) in [6.45, 7) is 0. The number of benzene rings is 2. The number of hydrogen-bond acceptors (Lipinski definition) is 3. The van der Waals surface area contributed by atoms with E-state index in [4.69, 9.17) is 0 Å². The summed E-state index contributed by atoms with van der Waals surface area (Å²) in [4.78, 5) is 12.2. The molecule has 2 aromatic carbocycles. The highest BCUT2D eigenvalue weighted by atomic mass is 127. The van der Waals surface area contributed by atoms with Crippen molar-refractivity contribution in [2.45, 2.75) is 9.79 Å². The Bertz CT molecular complexity index is 589. The number of nitrogens with zero attached hydrogens (tertiary/aromatic N) is 1. The molecular formula is C12H7BrINO2S. The van der Waals surface area contributed by atoms with E-state index in [1.807, 2.05) is 18.2 Å². The highest BCUT2D eigenvalue weighted by Crippen LogP contribution is 2.32. The highest BCUT2D eigenvalue weighted by Gasteiger charge is 2.05. The summed E-state index contributed by atoms with van der Waals surface area (Å²) in [6.07, 6.45) is 0. The summed E-state index contributed by atoms with van der Waals surface area (Å²) in [5, 5.41) is 10.5. The monoisotopic (exact) mass is 435 g/mol. The molecule has 6 heteroatoms. The minimum atomic E-state index is -0.393. The number of nitro groups is 1. The van der Waals surface area contributed by atoms with E-state index in [0.29, 0.717) is 0 Å². The molecule has 0 amide bonds. The first-order valence-electron chi connectivity index (χ1n) is 4.93. The molecule has 0 radical (unpaired) electrons. The molecule has 0 unspecified atom stereocenters. The Kier molecular flexibility index (Phi) is 4.63. The van der Waals surface area contributed by atoms with Crippen molar-refractivity contribution >= 4 is 56.0 Å². The van der Waals surface area contributed by atoms with Crippen molar-refractivity contribution in [2.75, 3.05) is 0 Å². The molecule has 0 fully saturated rings. The van der Waals surface area contributed by atoms with E-state index in [1.165, 1.54) is 12.1 Å². The molecule has 2 rings (SSSR count). The molecule has 3 nitrogen and oxygen atoms in total. The van der Waals surface area contributed by atoms with E-state index in [1.54, 1.807) is 23.9 Å². The molecule has 0 aromatic heterocycles. The van der Waals surface area contributed by atoms with Crippen LogP contribution in [0.25, 0.3) is 0 Å². The standard InChI is InChI=1S/C12H7BrINO2S/c13-11-7-10(5-6-12(11)14)18-9-3-1-8(2-4-9)15(16)17/h1-7H. The fraction of sp³-hybridized carbons (Fsp3) is 0. The number of rotatable bonds is 3. The van der Waals surface area contributed by atoms with Crippen LogP contribution in [0.3, 0.4) is 0 Å². The third kappa shape index (κ3) is 3.46. The number of nitro benzene ring substituents is 1. The van der Waals surface area contributed by atoms with Gasteiger partial charge in [-0.05, 0) is 68.9 Å². The first kappa shape index (κ1) is 13.8. The predicted octanol–water partition coefficient (Wildman–Crippen LogP) is 5.11. The van der Waals surface area contributed by atoms with E-state index < -0.39 is 4.92 Å². The third-order valence-corrected chi connectivity index (χ3v) is 5.51. The average Bonchev–Trinajstić information content (AvgIpc) is 2.34. The van der Waals surface area contributed by atoms with Crippen LogP contribution >= 0.6 is 50.3 Å². The minimum Gasteiger partial charge on any atom is -0.258 e. The SMILES string of the molecule is O=[N+]([O-])c1ccc(Sc2ccc(I)c(Br)c2)cc1. The predicted molar refractivity (Wildman–Crippen MR) is 84.1 cm³/mol. The van der Waals surface area contributed by atoms with Gasteiger partial charge in [0.15, 0.2) is 0 Å². The zero-order chi connectivity index (χ0) is 13.1. The minimum absolute atomic E-state index is 0.114. The number of non-ortho nitro benzene ring substituents is 1. The normalized spacial score (nSPS) is 10.3. The van der Waals surface area contributed by atoms with E-state index in [-0.39, 0.29) is 5.69 Å². The van der Waals surface area contributed by atoms with Gasteiger partial charge in [0.25, 0.3) is 5.69 Å². The van der Waals surface area contributed by atoms with Crippen LogP contribution in [0.1, 0.15) is 0 Å². The number of hydrogen-bond donors (Lipinski definition) is 0. The molecule has 0 atom stereocenters. The second-order valence-electron chi connectivity index (χ2n) is 3.43. The molecule has 0 aliphatic heterocycles. The van der Waals surface area contributed by atoms with E-state index in [0.717, 1.165) is 17.8 Å². The Hall–Kier alpha value is -0.600.